The molecule has 0 aliphatic carbocycles. The summed E-state index contributed by atoms with van der Waals surface area (Å²) in [6.45, 7) is 0. The van der Waals surface area contributed by atoms with Gasteiger partial charge in [-0.2, -0.15) is 0 Å². The van der Waals surface area contributed by atoms with E-state index in [0.29, 0.717) is 0 Å². The Hall–Kier alpha value is -1.64. The number of benzene rings is 1. The molecular formula is C9H7N2O. The van der Waals surface area contributed by atoms with E-state index in [2.05, 4.69) is 16.5 Å². The first kappa shape index (κ1) is 7.03. The molecule has 3 nitrogen and oxygen atoms in total. The van der Waals surface area contributed by atoms with Crippen LogP contribution in [0.5, 0.6) is 0 Å². The Kier molecular flexibility index (Phi) is 1.63. The Balaban J connectivity index is 2.48. The van der Waals surface area contributed by atoms with Crippen molar-refractivity contribution >= 4 is 23.5 Å². The van der Waals surface area contributed by atoms with Gasteiger partial charge in [-0.05, 0) is 12.1 Å². The molecule has 2 rings (SSSR count). The van der Waals surface area contributed by atoms with E-state index in [0.717, 1.165) is 11.4 Å². The van der Waals surface area contributed by atoms with Crippen LogP contribution in [0.3, 0.4) is 0 Å². The molecule has 12 heavy (non-hydrogen) atoms. The summed E-state index contributed by atoms with van der Waals surface area (Å²) < 4.78 is 0. The van der Waals surface area contributed by atoms with Crippen molar-refractivity contribution < 1.29 is 4.79 Å². The number of nitrogens with one attached hydrogen (secondary N) is 1. The molecule has 1 heterocycles. The highest BCUT2D eigenvalue weighted by atomic mass is 16.1. The summed E-state index contributed by atoms with van der Waals surface area (Å²) in [5.41, 5.74) is 1.52. The van der Waals surface area contributed by atoms with E-state index in [9.17, 15) is 4.79 Å². The number of amides is 1. The largest absolute Gasteiger partial charge is 0.324 e. The Morgan fingerprint density at radius 2 is 2.25 bits per heavy atom. The molecule has 1 aromatic rings. The van der Waals surface area contributed by atoms with E-state index < -0.39 is 0 Å². The second-order valence-electron chi connectivity index (χ2n) is 2.51. The van der Waals surface area contributed by atoms with Crippen LogP contribution >= 0.6 is 0 Å². The highest BCUT2D eigenvalue weighted by molar-refractivity contribution is 6.03. The fourth-order valence-corrected chi connectivity index (χ4v) is 1.07. The number of hydrogen-bond donors (Lipinski definition) is 1. The average molecular weight is 159 g/mol. The van der Waals surface area contributed by atoms with Crippen LogP contribution in [-0.2, 0) is 4.79 Å². The predicted molar refractivity (Wildman–Crippen MR) is 46.8 cm³/mol. The molecule has 1 aliphatic heterocycles. The summed E-state index contributed by atoms with van der Waals surface area (Å²) in [5, 5.41) is 2.73. The minimum absolute atomic E-state index is 0.0660. The molecule has 0 fully saturated rings. The van der Waals surface area contributed by atoms with Gasteiger partial charge < -0.3 is 5.32 Å². The van der Waals surface area contributed by atoms with Crippen LogP contribution in [0.2, 0.25) is 0 Å². The number of anilines is 1. The van der Waals surface area contributed by atoms with Crippen LogP contribution in [-0.4, -0.2) is 12.1 Å². The molecule has 0 bridgehead atoms. The van der Waals surface area contributed by atoms with E-state index in [1.165, 1.54) is 0 Å². The molecule has 59 valence electrons. The van der Waals surface area contributed by atoms with Gasteiger partial charge in [-0.25, -0.2) is 4.99 Å². The first-order valence-electron chi connectivity index (χ1n) is 3.69. The van der Waals surface area contributed by atoms with Crippen molar-refractivity contribution in [2.24, 2.45) is 4.99 Å². The third-order valence-corrected chi connectivity index (χ3v) is 1.62. The van der Waals surface area contributed by atoms with Crippen molar-refractivity contribution in [2.75, 3.05) is 5.32 Å². The molecule has 3 heteroatoms. The highest BCUT2D eigenvalue weighted by Gasteiger charge is 2.07. The molecule has 0 atom stereocenters. The van der Waals surface area contributed by atoms with Crippen molar-refractivity contribution in [1.29, 1.82) is 0 Å². The number of carbonyl (C=O) groups is 1. The second kappa shape index (κ2) is 2.77. The van der Waals surface area contributed by atoms with Gasteiger partial charge in [0.15, 0.2) is 0 Å². The molecule has 1 aliphatic rings. The molecule has 1 radical (unpaired) electrons. The van der Waals surface area contributed by atoms with Crippen LogP contribution < -0.4 is 5.32 Å². The SMILES string of the molecule is O=C1C[C]=Nc2ccccc2N1. The summed E-state index contributed by atoms with van der Waals surface area (Å²) in [6, 6.07) is 7.40. The van der Waals surface area contributed by atoms with E-state index in [4.69, 9.17) is 0 Å². The lowest BCUT2D eigenvalue weighted by molar-refractivity contribution is -0.115. The first-order valence-corrected chi connectivity index (χ1v) is 3.69. The van der Waals surface area contributed by atoms with Crippen molar-refractivity contribution in [3.05, 3.63) is 24.3 Å². The Morgan fingerprint density at radius 1 is 1.42 bits per heavy atom. The van der Waals surface area contributed by atoms with Crippen molar-refractivity contribution in [3.63, 3.8) is 0 Å². The number of hydrogen-bond acceptors (Lipinski definition) is 2. The Labute approximate surface area is 70.1 Å². The number of nitrogens with zero attached hydrogens (tertiary/aromatic N) is 1. The first-order chi connectivity index (χ1) is 5.86. The zero-order valence-electron chi connectivity index (χ0n) is 6.37. The second-order valence-corrected chi connectivity index (χ2v) is 2.51. The van der Waals surface area contributed by atoms with Gasteiger partial charge in [0.05, 0.1) is 24.0 Å². The lowest BCUT2D eigenvalue weighted by Crippen LogP contribution is -2.09. The lowest BCUT2D eigenvalue weighted by Gasteiger charge is -2.02. The fraction of sp³-hybridized carbons (Fsp3) is 0.111. The monoisotopic (exact) mass is 159 g/mol. The van der Waals surface area contributed by atoms with Gasteiger partial charge in [-0.15, -0.1) is 0 Å². The smallest absolute Gasteiger partial charge is 0.230 e. The molecule has 1 amide bonds. The minimum atomic E-state index is -0.0660. The van der Waals surface area contributed by atoms with Crippen LogP contribution in [0.1, 0.15) is 6.42 Å². The Bertz CT molecular complexity index is 344. The summed E-state index contributed by atoms with van der Waals surface area (Å²) >= 11 is 0. The minimum Gasteiger partial charge on any atom is -0.324 e. The van der Waals surface area contributed by atoms with Gasteiger partial charge in [0.25, 0.3) is 0 Å². The quantitative estimate of drug-likeness (QED) is 0.613. The summed E-state index contributed by atoms with van der Waals surface area (Å²) in [7, 11) is 0. The standard InChI is InChI=1S/C9H7N2O/c12-9-5-6-10-7-3-1-2-4-8(7)11-9/h1-4H,5H2,(H,11,12). The molecule has 1 N–H and O–H groups in total. The third kappa shape index (κ3) is 1.21. The van der Waals surface area contributed by atoms with Gasteiger partial charge in [-0.1, -0.05) is 12.1 Å². The maximum absolute atomic E-state index is 11.0. The summed E-state index contributed by atoms with van der Waals surface area (Å²) in [5.74, 6) is -0.0660. The van der Waals surface area contributed by atoms with Crippen LogP contribution in [0, 0.1) is 0 Å². The number of fused-ring (bicyclic) bond motifs is 1. The molecular weight excluding hydrogens is 152 g/mol. The van der Waals surface area contributed by atoms with Crippen LogP contribution in [0.25, 0.3) is 0 Å². The van der Waals surface area contributed by atoms with Gasteiger partial charge in [-0.3, -0.25) is 4.79 Å². The average Bonchev–Trinajstić information content (AvgIpc) is 2.25. The van der Waals surface area contributed by atoms with E-state index in [1.54, 1.807) is 0 Å². The van der Waals surface area contributed by atoms with Crippen molar-refractivity contribution in [1.82, 2.24) is 0 Å². The lowest BCUT2D eigenvalue weighted by atomic mass is 10.3. The van der Waals surface area contributed by atoms with E-state index in [1.807, 2.05) is 24.3 Å². The van der Waals surface area contributed by atoms with Gasteiger partial charge in [0.1, 0.15) is 0 Å². The maximum atomic E-state index is 11.0. The topological polar surface area (TPSA) is 41.5 Å². The van der Waals surface area contributed by atoms with Gasteiger partial charge in [0.2, 0.25) is 5.91 Å². The number of carbonyl (C=O) groups excluding carboxylic acids is 1. The predicted octanol–water partition coefficient (Wildman–Crippen LogP) is 1.61. The van der Waals surface area contributed by atoms with Crippen LogP contribution in [0.15, 0.2) is 29.3 Å². The van der Waals surface area contributed by atoms with Crippen molar-refractivity contribution in [3.8, 4) is 0 Å². The molecule has 0 saturated carbocycles. The van der Waals surface area contributed by atoms with E-state index >= 15 is 0 Å². The number of para-hydroxylation sites is 2. The number of aliphatic imine (C=N–C) groups is 1. The molecule has 0 unspecified atom stereocenters. The number of rotatable bonds is 0. The van der Waals surface area contributed by atoms with Crippen LogP contribution in [0.4, 0.5) is 11.4 Å². The van der Waals surface area contributed by atoms with Crippen molar-refractivity contribution in [2.45, 2.75) is 6.42 Å². The highest BCUT2D eigenvalue weighted by Crippen LogP contribution is 2.25. The molecule has 1 aromatic carbocycles. The summed E-state index contributed by atoms with van der Waals surface area (Å²) in [6.07, 6.45) is 2.90. The normalized spacial score (nSPS) is 14.8. The fourth-order valence-electron chi connectivity index (χ4n) is 1.07. The zero-order chi connectivity index (χ0) is 8.39. The molecule has 0 aromatic heterocycles. The molecule has 0 saturated heterocycles. The van der Waals surface area contributed by atoms with E-state index in [-0.39, 0.29) is 12.3 Å². The Morgan fingerprint density at radius 3 is 3.17 bits per heavy atom. The third-order valence-electron chi connectivity index (χ3n) is 1.62. The van der Waals surface area contributed by atoms with Gasteiger partial charge >= 0.3 is 0 Å². The van der Waals surface area contributed by atoms with Gasteiger partial charge in [0, 0.05) is 0 Å². The summed E-state index contributed by atoms with van der Waals surface area (Å²) in [4.78, 5) is 15.0. The zero-order valence-corrected chi connectivity index (χ0v) is 6.37. The maximum Gasteiger partial charge on any atom is 0.230 e. The molecule has 0 spiro atoms.